The minimum absolute atomic E-state index is 0.413. The monoisotopic (exact) mass is 433 g/mol. The van der Waals surface area contributed by atoms with Gasteiger partial charge in [-0.25, -0.2) is 9.97 Å². The molecule has 0 saturated carbocycles. The molecular weight excluding hydrogens is 414 g/mol. The van der Waals surface area contributed by atoms with Crippen molar-refractivity contribution in [1.29, 1.82) is 0 Å². The fourth-order valence-corrected chi connectivity index (χ4v) is 3.42. The number of halogens is 1. The van der Waals surface area contributed by atoms with Gasteiger partial charge in [0.1, 0.15) is 0 Å². The summed E-state index contributed by atoms with van der Waals surface area (Å²) < 4.78 is 0. The van der Waals surface area contributed by atoms with E-state index in [4.69, 9.17) is 23.8 Å². The summed E-state index contributed by atoms with van der Waals surface area (Å²) in [5, 5.41) is 5.20. The lowest BCUT2D eigenvalue weighted by Crippen LogP contribution is -2.40. The molecule has 4 rings (SSSR count). The van der Waals surface area contributed by atoms with Gasteiger partial charge in [0.05, 0.1) is 11.2 Å². The molecule has 0 amide bonds. The molecule has 0 saturated heterocycles. The fraction of sp³-hybridized carbons (Fsp3) is 0.0870. The average molecular weight is 434 g/mol. The van der Waals surface area contributed by atoms with Crippen molar-refractivity contribution in [3.8, 4) is 11.3 Å². The number of thiocarbonyl (C=S) groups is 1. The Morgan fingerprint density at radius 1 is 0.900 bits per heavy atom. The molecule has 30 heavy (non-hydrogen) atoms. The molecule has 3 aromatic carbocycles. The molecule has 0 spiro atoms. The largest absolute Gasteiger partial charge is 0.361 e. The Balaban J connectivity index is 1.46. The van der Waals surface area contributed by atoms with Crippen LogP contribution in [0.1, 0.15) is 5.56 Å². The Labute approximate surface area is 185 Å². The lowest BCUT2D eigenvalue weighted by atomic mass is 10.1. The smallest absolute Gasteiger partial charge is 0.242 e. The highest BCUT2D eigenvalue weighted by Gasteiger charge is 2.10. The van der Waals surface area contributed by atoms with Crippen molar-refractivity contribution in [2.45, 2.75) is 6.42 Å². The van der Waals surface area contributed by atoms with E-state index in [0.717, 1.165) is 35.1 Å². The van der Waals surface area contributed by atoms with Crippen molar-refractivity contribution in [3.05, 3.63) is 89.4 Å². The third-order valence-electron chi connectivity index (χ3n) is 4.54. The van der Waals surface area contributed by atoms with E-state index in [9.17, 15) is 0 Å². The quantitative estimate of drug-likeness (QED) is 0.294. The van der Waals surface area contributed by atoms with Gasteiger partial charge in [0.15, 0.2) is 5.11 Å². The first kappa shape index (κ1) is 20.1. The average Bonchev–Trinajstić information content (AvgIpc) is 2.78. The molecule has 0 radical (unpaired) electrons. The number of nitrogens with zero attached hydrogens (tertiary/aromatic N) is 2. The molecule has 0 atom stereocenters. The molecule has 5 nitrogen and oxygen atoms in total. The summed E-state index contributed by atoms with van der Waals surface area (Å²) in [6, 6.07) is 25.8. The van der Waals surface area contributed by atoms with Crippen LogP contribution in [-0.4, -0.2) is 21.6 Å². The number of aromatic nitrogens is 2. The summed E-state index contributed by atoms with van der Waals surface area (Å²) in [7, 11) is 0. The van der Waals surface area contributed by atoms with Crippen LogP contribution in [0.15, 0.2) is 78.9 Å². The van der Waals surface area contributed by atoms with E-state index >= 15 is 0 Å². The maximum absolute atomic E-state index is 6.18. The molecular formula is C23H20ClN5S. The maximum Gasteiger partial charge on any atom is 0.242 e. The van der Waals surface area contributed by atoms with Crippen LogP contribution in [0.5, 0.6) is 0 Å². The van der Waals surface area contributed by atoms with E-state index in [1.54, 1.807) is 0 Å². The van der Waals surface area contributed by atoms with Crippen LogP contribution in [0.3, 0.4) is 0 Å². The Hall–Kier alpha value is -3.22. The second-order valence-electron chi connectivity index (χ2n) is 6.66. The van der Waals surface area contributed by atoms with Gasteiger partial charge in [0.25, 0.3) is 0 Å². The van der Waals surface area contributed by atoms with Gasteiger partial charge in [0, 0.05) is 22.5 Å². The lowest BCUT2D eigenvalue weighted by molar-refractivity contribution is 0.846. The number of anilines is 1. The zero-order valence-corrected chi connectivity index (χ0v) is 17.7. The van der Waals surface area contributed by atoms with Gasteiger partial charge < -0.3 is 5.32 Å². The van der Waals surface area contributed by atoms with Gasteiger partial charge in [-0.2, -0.15) is 0 Å². The van der Waals surface area contributed by atoms with E-state index in [1.165, 1.54) is 5.56 Å². The van der Waals surface area contributed by atoms with Crippen LogP contribution in [0.4, 0.5) is 5.95 Å². The van der Waals surface area contributed by atoms with Crippen molar-refractivity contribution in [2.75, 3.05) is 12.0 Å². The van der Waals surface area contributed by atoms with Gasteiger partial charge in [-0.05, 0) is 42.4 Å². The first-order valence-electron chi connectivity index (χ1n) is 9.55. The molecule has 1 heterocycles. The Morgan fingerprint density at radius 2 is 1.63 bits per heavy atom. The number of nitrogens with one attached hydrogen (secondary N) is 3. The van der Waals surface area contributed by atoms with E-state index in [0.29, 0.717) is 16.1 Å². The predicted octanol–water partition coefficient (Wildman–Crippen LogP) is 4.98. The highest BCUT2D eigenvalue weighted by Crippen LogP contribution is 2.28. The second-order valence-corrected chi connectivity index (χ2v) is 7.51. The minimum atomic E-state index is 0.413. The molecule has 7 heteroatoms. The number of hydrogen-bond acceptors (Lipinski definition) is 4. The summed E-state index contributed by atoms with van der Waals surface area (Å²) >= 11 is 11.5. The number of hydrazine groups is 1. The molecule has 0 fully saturated rings. The predicted molar refractivity (Wildman–Crippen MR) is 127 cm³/mol. The summed E-state index contributed by atoms with van der Waals surface area (Å²) in [4.78, 5) is 9.25. The first-order valence-corrected chi connectivity index (χ1v) is 10.3. The fourth-order valence-electron chi connectivity index (χ4n) is 3.10. The first-order chi connectivity index (χ1) is 14.7. The molecule has 0 aliphatic rings. The number of benzene rings is 3. The second kappa shape index (κ2) is 9.52. The molecule has 4 aromatic rings. The van der Waals surface area contributed by atoms with E-state index in [1.807, 2.05) is 66.7 Å². The molecule has 0 aliphatic heterocycles. The molecule has 0 bridgehead atoms. The van der Waals surface area contributed by atoms with Crippen molar-refractivity contribution in [3.63, 3.8) is 0 Å². The number of hydrogen-bond donors (Lipinski definition) is 3. The topological polar surface area (TPSA) is 61.9 Å². The number of fused-ring (bicyclic) bond motifs is 1. The lowest BCUT2D eigenvalue weighted by Gasteiger charge is -2.13. The highest BCUT2D eigenvalue weighted by atomic mass is 35.5. The van der Waals surface area contributed by atoms with Gasteiger partial charge in [-0.3, -0.25) is 10.9 Å². The summed E-state index contributed by atoms with van der Waals surface area (Å²) in [5.74, 6) is 0.413. The van der Waals surface area contributed by atoms with E-state index < -0.39 is 0 Å². The normalized spacial score (nSPS) is 10.6. The van der Waals surface area contributed by atoms with Crippen LogP contribution in [0, 0.1) is 0 Å². The van der Waals surface area contributed by atoms with Crippen LogP contribution < -0.4 is 16.2 Å². The van der Waals surface area contributed by atoms with Crippen molar-refractivity contribution >= 4 is 45.8 Å². The van der Waals surface area contributed by atoms with Gasteiger partial charge in [0.2, 0.25) is 5.95 Å². The molecule has 3 N–H and O–H groups in total. The third-order valence-corrected chi connectivity index (χ3v) is 5.02. The van der Waals surface area contributed by atoms with Crippen LogP contribution in [-0.2, 0) is 6.42 Å². The Morgan fingerprint density at radius 3 is 2.40 bits per heavy atom. The van der Waals surface area contributed by atoms with E-state index in [-0.39, 0.29) is 0 Å². The van der Waals surface area contributed by atoms with Crippen LogP contribution in [0.25, 0.3) is 22.2 Å². The standard InChI is InChI=1S/C23H20ClN5S/c24-18-11-12-19-20(15-18)26-22(27-21(19)17-9-5-2-6-10-17)28-29-23(30)25-14-13-16-7-3-1-4-8-16/h1-12,15H,13-14H2,(H2,25,29,30)(H,26,27,28). The van der Waals surface area contributed by atoms with E-state index in [2.05, 4.69) is 38.3 Å². The van der Waals surface area contributed by atoms with Gasteiger partial charge in [-0.15, -0.1) is 0 Å². The van der Waals surface area contributed by atoms with Crippen molar-refractivity contribution < 1.29 is 0 Å². The number of rotatable bonds is 6. The molecule has 0 aliphatic carbocycles. The Bertz CT molecular complexity index is 1150. The Kier molecular flexibility index (Phi) is 6.37. The summed E-state index contributed by atoms with van der Waals surface area (Å²) in [6.45, 7) is 0.723. The SMILES string of the molecule is S=C(NCCc1ccccc1)NNc1nc(-c2ccccc2)c2ccc(Cl)cc2n1. The van der Waals surface area contributed by atoms with Crippen LogP contribution >= 0.6 is 23.8 Å². The zero-order valence-electron chi connectivity index (χ0n) is 16.1. The van der Waals surface area contributed by atoms with Crippen molar-refractivity contribution in [1.82, 2.24) is 20.7 Å². The van der Waals surface area contributed by atoms with Gasteiger partial charge >= 0.3 is 0 Å². The minimum Gasteiger partial charge on any atom is -0.361 e. The van der Waals surface area contributed by atoms with Crippen molar-refractivity contribution in [2.24, 2.45) is 0 Å². The molecule has 1 aromatic heterocycles. The van der Waals surface area contributed by atoms with Gasteiger partial charge in [-0.1, -0.05) is 72.3 Å². The highest BCUT2D eigenvalue weighted by molar-refractivity contribution is 7.80. The molecule has 0 unspecified atom stereocenters. The summed E-state index contributed by atoms with van der Waals surface area (Å²) in [5.41, 5.74) is 9.78. The molecule has 150 valence electrons. The zero-order chi connectivity index (χ0) is 20.8. The third kappa shape index (κ3) is 5.03. The summed E-state index contributed by atoms with van der Waals surface area (Å²) in [6.07, 6.45) is 0.881. The maximum atomic E-state index is 6.18. The van der Waals surface area contributed by atoms with Crippen LogP contribution in [0.2, 0.25) is 5.02 Å².